The second-order valence-electron chi connectivity index (χ2n) is 9.53. The van der Waals surface area contributed by atoms with E-state index in [1.54, 1.807) is 50.1 Å². The van der Waals surface area contributed by atoms with Gasteiger partial charge in [-0.05, 0) is 43.3 Å². The first-order valence-electron chi connectivity index (χ1n) is 13.6. The fraction of sp³-hybridized carbons (Fsp3) is 0.387. The molecule has 0 saturated carbocycles. The van der Waals surface area contributed by atoms with Crippen molar-refractivity contribution < 1.29 is 28.5 Å². The first-order valence-corrected chi connectivity index (χ1v) is 14.5. The smallest absolute Gasteiger partial charge is 0.245 e. The van der Waals surface area contributed by atoms with Crippen LogP contribution in [-0.2, 0) is 4.79 Å². The van der Waals surface area contributed by atoms with Gasteiger partial charge in [0.1, 0.15) is 23.4 Å². The van der Waals surface area contributed by atoms with E-state index in [0.717, 1.165) is 41.4 Å². The lowest BCUT2D eigenvalue weighted by atomic mass is 10.1. The Bertz CT molecular complexity index is 1260. The number of carbonyl (C=O) groups is 1. The van der Waals surface area contributed by atoms with Gasteiger partial charge in [0, 0.05) is 43.2 Å². The number of likely N-dealkylation sites (N-methyl/N-ethyl adjacent to an activating group) is 1. The number of benzene rings is 3. The van der Waals surface area contributed by atoms with Gasteiger partial charge in [0.15, 0.2) is 11.5 Å². The number of amides is 1. The van der Waals surface area contributed by atoms with E-state index in [9.17, 15) is 4.79 Å². The molecule has 41 heavy (non-hydrogen) atoms. The minimum absolute atomic E-state index is 0.0603. The molecular formula is C31H39N3O6S. The van der Waals surface area contributed by atoms with Crippen LogP contribution in [0.3, 0.4) is 0 Å². The van der Waals surface area contributed by atoms with Gasteiger partial charge in [-0.25, -0.2) is 0 Å². The molecule has 0 saturated heterocycles. The van der Waals surface area contributed by atoms with Gasteiger partial charge in [-0.15, -0.1) is 11.8 Å². The number of carbonyl (C=O) groups excluding carboxylic acids is 1. The van der Waals surface area contributed by atoms with Crippen LogP contribution in [0.5, 0.6) is 28.7 Å². The molecular weight excluding hydrogens is 542 g/mol. The van der Waals surface area contributed by atoms with Crippen LogP contribution in [0.15, 0.2) is 65.6 Å². The first kappa shape index (κ1) is 30.4. The van der Waals surface area contributed by atoms with Crippen LogP contribution in [0.1, 0.15) is 17.2 Å². The molecule has 3 aromatic rings. The molecule has 1 aliphatic rings. The van der Waals surface area contributed by atoms with Gasteiger partial charge >= 0.3 is 0 Å². The number of hydrogen-bond acceptors (Lipinski definition) is 9. The highest BCUT2D eigenvalue weighted by Crippen LogP contribution is 2.46. The van der Waals surface area contributed by atoms with E-state index in [1.165, 1.54) is 0 Å². The summed E-state index contributed by atoms with van der Waals surface area (Å²) in [6, 6.07) is 19.4. The van der Waals surface area contributed by atoms with E-state index in [0.29, 0.717) is 49.3 Å². The van der Waals surface area contributed by atoms with Crippen molar-refractivity contribution in [2.45, 2.75) is 16.6 Å². The third-order valence-electron chi connectivity index (χ3n) is 6.76. The number of fused-ring (bicyclic) bond motifs is 1. The zero-order valence-corrected chi connectivity index (χ0v) is 24.9. The summed E-state index contributed by atoms with van der Waals surface area (Å²) in [5, 5.41) is -0.304. The van der Waals surface area contributed by atoms with Gasteiger partial charge in [-0.2, -0.15) is 0 Å². The number of anilines is 1. The summed E-state index contributed by atoms with van der Waals surface area (Å²) in [7, 11) is 6.79. The second-order valence-corrected chi connectivity index (χ2v) is 10.7. The summed E-state index contributed by atoms with van der Waals surface area (Å²) in [6.07, 6.45) is 0.865. The number of para-hydroxylation sites is 1. The van der Waals surface area contributed by atoms with Gasteiger partial charge in [0.05, 0.1) is 33.6 Å². The van der Waals surface area contributed by atoms with Crippen LogP contribution in [0, 0.1) is 0 Å². The maximum absolute atomic E-state index is 13.3. The van der Waals surface area contributed by atoms with Crippen LogP contribution in [-0.4, -0.2) is 78.6 Å². The molecule has 0 fully saturated rings. The number of methoxy groups -OCH3 is 3. The van der Waals surface area contributed by atoms with Gasteiger partial charge in [0.2, 0.25) is 11.7 Å². The Morgan fingerprint density at radius 1 is 0.878 bits per heavy atom. The lowest BCUT2D eigenvalue weighted by Crippen LogP contribution is -2.40. The van der Waals surface area contributed by atoms with Crippen LogP contribution in [0.4, 0.5) is 5.69 Å². The zero-order chi connectivity index (χ0) is 29.2. The van der Waals surface area contributed by atoms with Crippen molar-refractivity contribution in [2.24, 2.45) is 5.73 Å². The van der Waals surface area contributed by atoms with Gasteiger partial charge in [0.25, 0.3) is 0 Å². The number of ether oxygens (including phenoxy) is 5. The minimum atomic E-state index is -0.304. The average Bonchev–Trinajstić information content (AvgIpc) is 3.00. The molecule has 1 unspecified atom stereocenters. The molecule has 0 radical (unpaired) electrons. The summed E-state index contributed by atoms with van der Waals surface area (Å²) >= 11 is 1.58. The van der Waals surface area contributed by atoms with Crippen molar-refractivity contribution in [3.8, 4) is 28.7 Å². The van der Waals surface area contributed by atoms with E-state index in [1.807, 2.05) is 42.5 Å². The van der Waals surface area contributed by atoms with Crippen molar-refractivity contribution in [2.75, 3.05) is 72.7 Å². The summed E-state index contributed by atoms with van der Waals surface area (Å²) in [5.41, 5.74) is 7.68. The van der Waals surface area contributed by atoms with Crippen molar-refractivity contribution >= 4 is 23.4 Å². The maximum atomic E-state index is 13.3. The Balaban J connectivity index is 1.21. The summed E-state index contributed by atoms with van der Waals surface area (Å²) in [4.78, 5) is 18.3. The van der Waals surface area contributed by atoms with Gasteiger partial charge < -0.3 is 39.2 Å². The Hall–Kier alpha value is -3.60. The Labute approximate surface area is 246 Å². The molecule has 0 aliphatic carbocycles. The molecule has 0 bridgehead atoms. The van der Waals surface area contributed by atoms with Crippen molar-refractivity contribution in [3.63, 3.8) is 0 Å². The van der Waals surface area contributed by atoms with Crippen LogP contribution < -0.4 is 34.3 Å². The predicted octanol–water partition coefficient (Wildman–Crippen LogP) is 4.63. The highest BCUT2D eigenvalue weighted by atomic mass is 32.2. The van der Waals surface area contributed by atoms with Crippen molar-refractivity contribution in [1.82, 2.24) is 4.90 Å². The van der Waals surface area contributed by atoms with Crippen molar-refractivity contribution in [1.29, 1.82) is 0 Å². The van der Waals surface area contributed by atoms with E-state index in [-0.39, 0.29) is 11.2 Å². The van der Waals surface area contributed by atoms with Gasteiger partial charge in [-0.1, -0.05) is 24.3 Å². The SMILES string of the molecule is COc1cc(OCCN(C)CCCOc2ccc(C3Sc4ccccc4N(CCN)C3=O)cc2)cc(OC)c1OC. The van der Waals surface area contributed by atoms with E-state index in [4.69, 9.17) is 29.4 Å². The van der Waals surface area contributed by atoms with Crippen LogP contribution in [0.25, 0.3) is 0 Å². The Kier molecular flexibility index (Phi) is 11.0. The minimum Gasteiger partial charge on any atom is -0.494 e. The second kappa shape index (κ2) is 14.9. The fourth-order valence-corrected chi connectivity index (χ4v) is 5.85. The van der Waals surface area contributed by atoms with E-state index >= 15 is 0 Å². The highest BCUT2D eigenvalue weighted by molar-refractivity contribution is 8.00. The monoisotopic (exact) mass is 581 g/mol. The lowest BCUT2D eigenvalue weighted by molar-refractivity contribution is -0.118. The third kappa shape index (κ3) is 7.58. The van der Waals surface area contributed by atoms with Crippen molar-refractivity contribution in [3.05, 3.63) is 66.2 Å². The predicted molar refractivity (Wildman–Crippen MR) is 162 cm³/mol. The molecule has 0 aromatic heterocycles. The number of nitrogens with two attached hydrogens (primary N) is 1. The molecule has 1 aliphatic heterocycles. The molecule has 0 spiro atoms. The van der Waals surface area contributed by atoms with E-state index in [2.05, 4.69) is 18.0 Å². The highest BCUT2D eigenvalue weighted by Gasteiger charge is 2.34. The Morgan fingerprint density at radius 3 is 2.22 bits per heavy atom. The number of rotatable bonds is 15. The van der Waals surface area contributed by atoms with Crippen LogP contribution in [0.2, 0.25) is 0 Å². The largest absolute Gasteiger partial charge is 0.494 e. The fourth-order valence-electron chi connectivity index (χ4n) is 4.62. The average molecular weight is 582 g/mol. The van der Waals surface area contributed by atoms with Crippen LogP contribution >= 0.6 is 11.8 Å². The molecule has 10 heteroatoms. The molecule has 1 atom stereocenters. The molecule has 3 aromatic carbocycles. The van der Waals surface area contributed by atoms with Gasteiger partial charge in [-0.3, -0.25) is 4.79 Å². The number of nitrogens with zero attached hydrogens (tertiary/aromatic N) is 2. The summed E-state index contributed by atoms with van der Waals surface area (Å²) < 4.78 is 28.0. The lowest BCUT2D eigenvalue weighted by Gasteiger charge is -2.33. The quantitative estimate of drug-likeness (QED) is 0.258. The number of hydrogen-bond donors (Lipinski definition) is 1. The number of thioether (sulfide) groups is 1. The molecule has 2 N–H and O–H groups in total. The topological polar surface area (TPSA) is 95.7 Å². The zero-order valence-electron chi connectivity index (χ0n) is 24.1. The van der Waals surface area contributed by atoms with E-state index < -0.39 is 0 Å². The first-order chi connectivity index (χ1) is 20.0. The third-order valence-corrected chi connectivity index (χ3v) is 8.07. The standard InChI is InChI=1S/C31H39N3O6S/c1-33(17-19-40-24-20-26(36-2)29(38-4)27(21-24)37-3)15-7-18-39-23-12-10-22(11-13-23)30-31(35)34(16-14-32)25-8-5-6-9-28(25)41-30/h5-6,8-13,20-21,30H,7,14-19,32H2,1-4H3. The molecule has 4 rings (SSSR count). The summed E-state index contributed by atoms with van der Waals surface area (Å²) in [6.45, 7) is 3.64. The molecule has 1 amide bonds. The maximum Gasteiger partial charge on any atom is 0.245 e. The normalized spacial score (nSPS) is 14.5. The Morgan fingerprint density at radius 2 is 1.56 bits per heavy atom. The molecule has 220 valence electrons. The summed E-state index contributed by atoms with van der Waals surface area (Å²) in [5.74, 6) is 3.16. The molecule has 9 nitrogen and oxygen atoms in total. The molecule has 1 heterocycles.